The van der Waals surface area contributed by atoms with Gasteiger partial charge >= 0.3 is 0 Å². The van der Waals surface area contributed by atoms with Gasteiger partial charge in [0.15, 0.2) is 0 Å². The molecule has 1 aromatic rings. The fourth-order valence-electron chi connectivity index (χ4n) is 3.22. The predicted molar refractivity (Wildman–Crippen MR) is 86.4 cm³/mol. The summed E-state index contributed by atoms with van der Waals surface area (Å²) in [7, 11) is 0. The normalized spacial score (nSPS) is 20.4. The molecule has 0 aromatic heterocycles. The molecule has 0 saturated heterocycles. The Morgan fingerprint density at radius 1 is 1.14 bits per heavy atom. The second kappa shape index (κ2) is 6.61. The Bertz CT molecular complexity index is 472. The number of nitrogens with one attached hydrogen (secondary N) is 2. The smallest absolute Gasteiger partial charge is 0.227 e. The van der Waals surface area contributed by atoms with Crippen LogP contribution in [0.4, 0.5) is 5.69 Å². The standard InChI is InChI=1S/C18H26N2O/c1-13(19-16-4-2-3-5-16)12-14-6-10-17(11-7-14)20-18(21)15-8-9-15/h6-7,10-11,13,15-16,19H,2-5,8-9,12H2,1H3,(H,20,21). The first kappa shape index (κ1) is 14.6. The third-order valence-electron chi connectivity index (χ3n) is 4.59. The average molecular weight is 286 g/mol. The van der Waals surface area contributed by atoms with Gasteiger partial charge < -0.3 is 10.6 Å². The molecule has 0 aliphatic heterocycles. The van der Waals surface area contributed by atoms with E-state index in [9.17, 15) is 4.79 Å². The van der Waals surface area contributed by atoms with Gasteiger partial charge in [-0.05, 0) is 56.7 Å². The lowest BCUT2D eigenvalue weighted by Gasteiger charge is -2.19. The van der Waals surface area contributed by atoms with E-state index in [-0.39, 0.29) is 11.8 Å². The molecular formula is C18H26N2O. The molecular weight excluding hydrogens is 260 g/mol. The summed E-state index contributed by atoms with van der Waals surface area (Å²) < 4.78 is 0. The first-order valence-corrected chi connectivity index (χ1v) is 8.36. The van der Waals surface area contributed by atoms with Crippen LogP contribution >= 0.6 is 0 Å². The van der Waals surface area contributed by atoms with Gasteiger partial charge in [-0.25, -0.2) is 0 Å². The van der Waals surface area contributed by atoms with E-state index in [1.165, 1.54) is 31.2 Å². The molecule has 1 atom stereocenters. The lowest BCUT2D eigenvalue weighted by molar-refractivity contribution is -0.117. The number of carbonyl (C=O) groups is 1. The van der Waals surface area contributed by atoms with E-state index in [4.69, 9.17) is 0 Å². The molecule has 3 nitrogen and oxygen atoms in total. The predicted octanol–water partition coefficient (Wildman–Crippen LogP) is 3.50. The van der Waals surface area contributed by atoms with Gasteiger partial charge in [-0.1, -0.05) is 25.0 Å². The van der Waals surface area contributed by atoms with Crippen LogP contribution in [-0.2, 0) is 11.2 Å². The van der Waals surface area contributed by atoms with Gasteiger partial charge in [0.1, 0.15) is 0 Å². The van der Waals surface area contributed by atoms with Gasteiger partial charge in [-0.2, -0.15) is 0 Å². The first-order valence-electron chi connectivity index (χ1n) is 8.36. The molecule has 21 heavy (non-hydrogen) atoms. The quantitative estimate of drug-likeness (QED) is 0.840. The summed E-state index contributed by atoms with van der Waals surface area (Å²) in [5, 5.41) is 6.72. The molecule has 2 aliphatic carbocycles. The van der Waals surface area contributed by atoms with E-state index in [0.717, 1.165) is 31.0 Å². The van der Waals surface area contributed by atoms with Gasteiger partial charge in [-0.3, -0.25) is 4.79 Å². The van der Waals surface area contributed by atoms with Gasteiger partial charge in [-0.15, -0.1) is 0 Å². The second-order valence-electron chi connectivity index (χ2n) is 6.71. The second-order valence-corrected chi connectivity index (χ2v) is 6.71. The SMILES string of the molecule is CC(Cc1ccc(NC(=O)C2CC2)cc1)NC1CCCC1. The minimum Gasteiger partial charge on any atom is -0.326 e. The van der Waals surface area contributed by atoms with Gasteiger partial charge in [0.2, 0.25) is 5.91 Å². The fourth-order valence-corrected chi connectivity index (χ4v) is 3.22. The summed E-state index contributed by atoms with van der Waals surface area (Å²) in [5.41, 5.74) is 2.25. The zero-order valence-corrected chi connectivity index (χ0v) is 12.9. The number of rotatable bonds is 6. The van der Waals surface area contributed by atoms with Crippen LogP contribution in [0.5, 0.6) is 0 Å². The summed E-state index contributed by atoms with van der Waals surface area (Å²) >= 11 is 0. The molecule has 0 bridgehead atoms. The highest BCUT2D eigenvalue weighted by molar-refractivity contribution is 5.93. The van der Waals surface area contributed by atoms with Crippen molar-refractivity contribution in [2.75, 3.05) is 5.32 Å². The maximum absolute atomic E-state index is 11.7. The fraction of sp³-hybridized carbons (Fsp3) is 0.611. The number of carbonyl (C=O) groups excluding carboxylic acids is 1. The highest BCUT2D eigenvalue weighted by atomic mass is 16.2. The number of anilines is 1. The summed E-state index contributed by atoms with van der Waals surface area (Å²) in [6, 6.07) is 9.55. The van der Waals surface area contributed by atoms with E-state index in [0.29, 0.717) is 6.04 Å². The van der Waals surface area contributed by atoms with Crippen molar-refractivity contribution >= 4 is 11.6 Å². The highest BCUT2D eigenvalue weighted by Gasteiger charge is 2.29. The molecule has 2 N–H and O–H groups in total. The van der Waals surface area contributed by atoms with Crippen LogP contribution < -0.4 is 10.6 Å². The van der Waals surface area contributed by atoms with Gasteiger partial charge in [0, 0.05) is 23.7 Å². The number of hydrogen-bond donors (Lipinski definition) is 2. The number of amides is 1. The topological polar surface area (TPSA) is 41.1 Å². The van der Waals surface area contributed by atoms with E-state index >= 15 is 0 Å². The van der Waals surface area contributed by atoms with Crippen LogP contribution in [0.3, 0.4) is 0 Å². The maximum atomic E-state index is 11.7. The molecule has 3 heteroatoms. The molecule has 2 aliphatic rings. The molecule has 1 aromatic carbocycles. The van der Waals surface area contributed by atoms with Gasteiger partial charge in [0.05, 0.1) is 0 Å². The van der Waals surface area contributed by atoms with E-state index in [2.05, 4.69) is 29.7 Å². The highest BCUT2D eigenvalue weighted by Crippen LogP contribution is 2.30. The Balaban J connectivity index is 1.47. The van der Waals surface area contributed by atoms with Gasteiger partial charge in [0.25, 0.3) is 0 Å². The minimum atomic E-state index is 0.180. The molecule has 114 valence electrons. The van der Waals surface area contributed by atoms with Crippen LogP contribution in [0, 0.1) is 5.92 Å². The Morgan fingerprint density at radius 3 is 2.43 bits per heavy atom. The van der Waals surface area contributed by atoms with Crippen LogP contribution in [0.2, 0.25) is 0 Å². The lowest BCUT2D eigenvalue weighted by atomic mass is 10.1. The van der Waals surface area contributed by atoms with Crippen molar-refractivity contribution in [2.24, 2.45) is 5.92 Å². The third-order valence-corrected chi connectivity index (χ3v) is 4.59. The molecule has 3 rings (SSSR count). The van der Waals surface area contributed by atoms with E-state index in [1.807, 2.05) is 12.1 Å². The van der Waals surface area contributed by atoms with Crippen LogP contribution in [0.15, 0.2) is 24.3 Å². The monoisotopic (exact) mass is 286 g/mol. The molecule has 0 radical (unpaired) electrons. The first-order chi connectivity index (χ1) is 10.2. The summed E-state index contributed by atoms with van der Waals surface area (Å²) in [5.74, 6) is 0.444. The van der Waals surface area contributed by atoms with Crippen molar-refractivity contribution in [1.29, 1.82) is 0 Å². The zero-order valence-electron chi connectivity index (χ0n) is 12.9. The third kappa shape index (κ3) is 4.31. The summed E-state index contributed by atoms with van der Waals surface area (Å²) in [4.78, 5) is 11.7. The van der Waals surface area contributed by atoms with Crippen LogP contribution in [0.25, 0.3) is 0 Å². The van der Waals surface area contributed by atoms with Crippen molar-refractivity contribution in [1.82, 2.24) is 5.32 Å². The Morgan fingerprint density at radius 2 is 1.81 bits per heavy atom. The molecule has 2 saturated carbocycles. The van der Waals surface area contributed by atoms with Crippen molar-refractivity contribution in [3.63, 3.8) is 0 Å². The largest absolute Gasteiger partial charge is 0.326 e. The molecule has 1 unspecified atom stereocenters. The zero-order chi connectivity index (χ0) is 14.7. The van der Waals surface area contributed by atoms with Crippen molar-refractivity contribution in [3.8, 4) is 0 Å². The molecule has 0 spiro atoms. The van der Waals surface area contributed by atoms with E-state index < -0.39 is 0 Å². The summed E-state index contributed by atoms with van der Waals surface area (Å²) in [6.45, 7) is 2.26. The average Bonchev–Trinajstić information content (AvgIpc) is 3.20. The van der Waals surface area contributed by atoms with Crippen LogP contribution in [0.1, 0.15) is 51.0 Å². The minimum absolute atomic E-state index is 0.180. The molecule has 2 fully saturated rings. The van der Waals surface area contributed by atoms with Crippen molar-refractivity contribution in [2.45, 2.75) is 64.0 Å². The Kier molecular flexibility index (Phi) is 4.59. The van der Waals surface area contributed by atoms with E-state index in [1.54, 1.807) is 0 Å². The Hall–Kier alpha value is -1.35. The Labute approximate surface area is 127 Å². The number of benzene rings is 1. The maximum Gasteiger partial charge on any atom is 0.227 e. The molecule has 1 amide bonds. The summed E-state index contributed by atoms with van der Waals surface area (Å²) in [6.07, 6.45) is 8.56. The van der Waals surface area contributed by atoms with Crippen molar-refractivity contribution < 1.29 is 4.79 Å². The molecule has 0 heterocycles. The van der Waals surface area contributed by atoms with Crippen molar-refractivity contribution in [3.05, 3.63) is 29.8 Å². The lowest BCUT2D eigenvalue weighted by Crippen LogP contribution is -2.35. The van der Waals surface area contributed by atoms with Crippen LogP contribution in [-0.4, -0.2) is 18.0 Å². The number of hydrogen-bond acceptors (Lipinski definition) is 2.